The van der Waals surface area contributed by atoms with E-state index in [0.717, 1.165) is 56.5 Å². The fourth-order valence-electron chi connectivity index (χ4n) is 13.9. The van der Waals surface area contributed by atoms with Crippen molar-refractivity contribution >= 4 is 62.1 Å². The molecular weight excluding hydrogens is 1240 g/mol. The smallest absolute Gasteiger partial charge is 0.242 e. The molecule has 0 spiro atoms. The van der Waals surface area contributed by atoms with Crippen molar-refractivity contribution in [3.8, 4) is 22.3 Å². The molecule has 2 aliphatic rings. The number of benzene rings is 10. The van der Waals surface area contributed by atoms with E-state index in [1.165, 1.54) is 94.3 Å². The molecule has 0 bridgehead atoms. The zero-order valence-corrected chi connectivity index (χ0v) is 61.3. The zero-order valence-electron chi connectivity index (χ0n) is 53.2. The number of hydrogen-bond acceptors (Lipinski definition) is 2. The number of aryl methyl sites for hydroxylation is 2. The van der Waals surface area contributed by atoms with E-state index in [2.05, 4.69) is 308 Å². The molecule has 0 radical (unpaired) electrons. The standard InChI is InChI=1S/C81H78BNO.2Cd/c1-50-43-55(63-24-20-25-66-65-23-18-19-26-73(65)84-77(63)66)44-51(2)74(50)75-69-49-62(83(61-38-33-57(34-39-61)79(6,7)8)60-36-29-54(30-37-60)53-21-16-15-17-22-53)40-42-71(69)82-72-48-58(80(9,10)11)35-41-64(72)67(45-52-27-31-56(32-28-52)78(3,4)5)68-46-59(81(12,13)14)47-70(75)76(68)82;;/h15-26,29-44,46-49,67,75H,45H2,1-14H3;;/q-2;;. The maximum atomic E-state index is 6.73. The SMILES string of the molecule is Cc1cc(-c2cccc3c2oc2ccccc23)cc(C)c1C1c2cc(N(c3ccc(-c4ccccc4)cc3)c3ccc(C(C)(C)C)cc3)ccc2B2c3cc(C(C)(C)C)ccc3C(Cc3[c-]cc(C(C)(C)C)c[c-]3)c3cc(C(C)(C)C)cc1c32.[Cd].[Cd]. The minimum Gasteiger partial charge on any atom is -0.455 e. The quantitative estimate of drug-likeness (QED) is 0.111. The van der Waals surface area contributed by atoms with Gasteiger partial charge in [0.1, 0.15) is 11.2 Å². The van der Waals surface area contributed by atoms with Crippen molar-refractivity contribution in [1.29, 1.82) is 0 Å². The van der Waals surface area contributed by atoms with Crippen LogP contribution in [0.3, 0.4) is 0 Å². The van der Waals surface area contributed by atoms with Gasteiger partial charge in [0.25, 0.3) is 0 Å². The Balaban J connectivity index is 0.00000384. The number of hydrogen-bond donors (Lipinski definition) is 0. The van der Waals surface area contributed by atoms with Crippen LogP contribution in [0.2, 0.25) is 0 Å². The molecule has 5 heteroatoms. The summed E-state index contributed by atoms with van der Waals surface area (Å²) in [6.45, 7) is 32.7. The van der Waals surface area contributed by atoms with Crippen molar-refractivity contribution in [2.75, 3.05) is 4.90 Å². The van der Waals surface area contributed by atoms with Crippen LogP contribution in [0.4, 0.5) is 17.1 Å². The van der Waals surface area contributed by atoms with E-state index in [1.54, 1.807) is 0 Å². The molecule has 2 aliphatic heterocycles. The zero-order chi connectivity index (χ0) is 58.8. The first-order valence-electron chi connectivity index (χ1n) is 30.5. The van der Waals surface area contributed by atoms with Crippen LogP contribution in [0.15, 0.2) is 199 Å². The molecule has 0 fully saturated rings. The van der Waals surface area contributed by atoms with Gasteiger partial charge in [-0.05, 0) is 145 Å². The normalized spacial score (nSPS) is 14.7. The summed E-state index contributed by atoms with van der Waals surface area (Å²) in [5.41, 5.74) is 29.9. The second-order valence-electron chi connectivity index (χ2n) is 28.5. The van der Waals surface area contributed by atoms with E-state index in [-0.39, 0.29) is 94.8 Å². The fourth-order valence-corrected chi connectivity index (χ4v) is 13.9. The minimum atomic E-state index is -0.137. The summed E-state index contributed by atoms with van der Waals surface area (Å²) in [4.78, 5) is 2.49. The number of anilines is 3. The van der Waals surface area contributed by atoms with E-state index < -0.39 is 0 Å². The summed E-state index contributed by atoms with van der Waals surface area (Å²) in [7, 11) is 0. The Labute approximate surface area is 553 Å². The third kappa shape index (κ3) is 11.1. The van der Waals surface area contributed by atoms with Crippen LogP contribution >= 0.6 is 0 Å². The number of para-hydroxylation sites is 2. The monoisotopic (exact) mass is 1320 g/mol. The maximum Gasteiger partial charge on any atom is 0.242 e. The molecule has 0 saturated heterocycles. The summed E-state index contributed by atoms with van der Waals surface area (Å²) in [6, 6.07) is 81.4. The number of fused-ring (bicyclic) bond motifs is 7. The number of rotatable bonds is 8. The van der Waals surface area contributed by atoms with Crippen LogP contribution in [-0.4, -0.2) is 6.71 Å². The third-order valence-corrected chi connectivity index (χ3v) is 18.6. The van der Waals surface area contributed by atoms with Gasteiger partial charge in [0.15, 0.2) is 0 Å². The van der Waals surface area contributed by atoms with Gasteiger partial charge in [-0.3, -0.25) is 23.3 Å². The maximum absolute atomic E-state index is 6.73. The van der Waals surface area contributed by atoms with Gasteiger partial charge in [-0.2, -0.15) is 0 Å². The summed E-state index contributed by atoms with van der Waals surface area (Å²) in [5, 5.41) is 2.29. The summed E-state index contributed by atoms with van der Waals surface area (Å²) >= 11 is 0. The second kappa shape index (κ2) is 23.0. The van der Waals surface area contributed by atoms with E-state index >= 15 is 0 Å². The Morgan fingerprint density at radius 3 is 1.64 bits per heavy atom. The van der Waals surface area contributed by atoms with Gasteiger partial charge < -0.3 is 21.4 Å². The van der Waals surface area contributed by atoms with Crippen molar-refractivity contribution in [2.45, 2.75) is 137 Å². The Kier molecular flexibility index (Phi) is 16.4. The predicted octanol–water partition coefficient (Wildman–Crippen LogP) is 19.5. The minimum absolute atomic E-state index is 0. The first kappa shape index (κ1) is 61.4. The molecule has 2 unspecified atom stereocenters. The largest absolute Gasteiger partial charge is 0.455 e. The van der Waals surface area contributed by atoms with Crippen molar-refractivity contribution in [3.05, 3.63) is 273 Å². The molecule has 0 saturated carbocycles. The molecular formula is C81H78BCd2NO-2. The predicted molar refractivity (Wildman–Crippen MR) is 358 cm³/mol. The van der Waals surface area contributed by atoms with Crippen LogP contribution in [-0.2, 0) is 82.7 Å². The Hall–Kier alpha value is -6.29. The first-order chi connectivity index (χ1) is 40.0. The molecule has 86 heavy (non-hydrogen) atoms. The van der Waals surface area contributed by atoms with Gasteiger partial charge in [0.05, 0.1) is 0 Å². The molecule has 2 atom stereocenters. The fraction of sp³-hybridized carbons (Fsp3) is 0.259. The number of nitrogens with zero attached hydrogens (tertiary/aromatic N) is 1. The van der Waals surface area contributed by atoms with Gasteiger partial charge in [0, 0.05) is 99.8 Å². The average molecular weight is 1320 g/mol. The van der Waals surface area contributed by atoms with E-state index in [0.29, 0.717) is 0 Å². The topological polar surface area (TPSA) is 16.4 Å². The molecule has 2 nitrogen and oxygen atoms in total. The van der Waals surface area contributed by atoms with Crippen LogP contribution in [0, 0.1) is 26.0 Å². The summed E-state index contributed by atoms with van der Waals surface area (Å²) in [6.07, 6.45) is 0.807. The van der Waals surface area contributed by atoms with Gasteiger partial charge in [-0.25, -0.2) is 0 Å². The molecule has 0 N–H and O–H groups in total. The third-order valence-electron chi connectivity index (χ3n) is 18.6. The van der Waals surface area contributed by atoms with Crippen molar-refractivity contribution in [2.24, 2.45) is 0 Å². The Morgan fingerprint density at radius 2 is 1.00 bits per heavy atom. The van der Waals surface area contributed by atoms with Crippen LogP contribution in [0.25, 0.3) is 44.2 Å². The van der Waals surface area contributed by atoms with Gasteiger partial charge in [-0.1, -0.05) is 245 Å². The molecule has 10 aromatic carbocycles. The molecule has 1 aromatic heterocycles. The van der Waals surface area contributed by atoms with E-state index in [4.69, 9.17) is 4.42 Å². The molecule has 3 heterocycles. The van der Waals surface area contributed by atoms with E-state index in [1.807, 2.05) is 0 Å². The molecule has 0 amide bonds. The van der Waals surface area contributed by atoms with E-state index in [9.17, 15) is 0 Å². The Bertz CT molecular complexity index is 4310. The average Bonchev–Trinajstić information content (AvgIpc) is 0.832. The summed E-state index contributed by atoms with van der Waals surface area (Å²) in [5.74, 6) is 0.00104. The first-order valence-corrected chi connectivity index (χ1v) is 30.5. The van der Waals surface area contributed by atoms with Crippen molar-refractivity contribution in [1.82, 2.24) is 0 Å². The molecule has 0 aliphatic carbocycles. The van der Waals surface area contributed by atoms with Crippen LogP contribution in [0.5, 0.6) is 0 Å². The summed E-state index contributed by atoms with van der Waals surface area (Å²) < 4.78 is 6.73. The van der Waals surface area contributed by atoms with Crippen molar-refractivity contribution in [3.63, 3.8) is 0 Å². The van der Waals surface area contributed by atoms with Crippen LogP contribution < -0.4 is 21.3 Å². The number of furan rings is 1. The Morgan fingerprint density at radius 1 is 0.442 bits per heavy atom. The molecule has 13 rings (SSSR count). The van der Waals surface area contributed by atoms with Crippen molar-refractivity contribution < 1.29 is 59.0 Å². The second-order valence-corrected chi connectivity index (χ2v) is 28.5. The molecule has 422 valence electrons. The van der Waals surface area contributed by atoms with Gasteiger partial charge in [0.2, 0.25) is 6.71 Å². The van der Waals surface area contributed by atoms with Gasteiger partial charge >= 0.3 is 0 Å². The molecule has 11 aromatic rings. The van der Waals surface area contributed by atoms with Gasteiger partial charge in [-0.15, -0.1) is 5.41 Å². The van der Waals surface area contributed by atoms with Crippen LogP contribution in [0.1, 0.15) is 162 Å².